The van der Waals surface area contributed by atoms with Gasteiger partial charge >= 0.3 is 0 Å². The first-order valence-corrected chi connectivity index (χ1v) is 9.06. The molecule has 0 atom stereocenters. The van der Waals surface area contributed by atoms with Crippen LogP contribution in [0.15, 0.2) is 4.52 Å². The van der Waals surface area contributed by atoms with Gasteiger partial charge in [-0.15, -0.1) is 0 Å². The van der Waals surface area contributed by atoms with Crippen molar-refractivity contribution in [3.8, 4) is 0 Å². The number of hydrogen-bond donors (Lipinski definition) is 1. The number of aromatic nitrogens is 2. The average molecular weight is 297 g/mol. The summed E-state index contributed by atoms with van der Waals surface area (Å²) in [5.41, 5.74) is 5.48. The molecule has 5 heteroatoms. The van der Waals surface area contributed by atoms with Gasteiger partial charge in [-0.3, -0.25) is 0 Å². The Bertz CT molecular complexity index is 364. The Labute approximate surface area is 126 Å². The molecule has 1 aliphatic rings. The van der Waals surface area contributed by atoms with Crippen molar-refractivity contribution in [2.75, 3.05) is 6.54 Å². The van der Waals surface area contributed by atoms with Crippen LogP contribution in [-0.4, -0.2) is 21.9 Å². The fourth-order valence-electron chi connectivity index (χ4n) is 2.65. The standard InChI is InChI=1S/C15H27N3OS/c16-11-7-2-1-6-10-15-17-14(18-19-15)12-20-13-8-4-3-5-9-13/h13H,1-12,16H2. The fraction of sp³-hybridized carbons (Fsp3) is 0.867. The van der Waals surface area contributed by atoms with E-state index in [1.165, 1.54) is 44.9 Å². The predicted molar refractivity (Wildman–Crippen MR) is 83.7 cm³/mol. The summed E-state index contributed by atoms with van der Waals surface area (Å²) in [5.74, 6) is 2.58. The Morgan fingerprint density at radius 1 is 1.10 bits per heavy atom. The molecule has 0 unspecified atom stereocenters. The van der Waals surface area contributed by atoms with Crippen LogP contribution in [-0.2, 0) is 12.2 Å². The lowest BCUT2D eigenvalue weighted by molar-refractivity contribution is 0.370. The van der Waals surface area contributed by atoms with Gasteiger partial charge in [0.1, 0.15) is 0 Å². The lowest BCUT2D eigenvalue weighted by atomic mass is 10.0. The molecular weight excluding hydrogens is 270 g/mol. The van der Waals surface area contributed by atoms with Crippen molar-refractivity contribution < 1.29 is 4.52 Å². The third-order valence-electron chi connectivity index (χ3n) is 3.86. The lowest BCUT2D eigenvalue weighted by Gasteiger charge is -2.19. The minimum absolute atomic E-state index is 0.795. The molecule has 0 amide bonds. The molecule has 20 heavy (non-hydrogen) atoms. The van der Waals surface area contributed by atoms with E-state index < -0.39 is 0 Å². The predicted octanol–water partition coefficient (Wildman–Crippen LogP) is 3.70. The van der Waals surface area contributed by atoms with E-state index in [0.29, 0.717) is 0 Å². The van der Waals surface area contributed by atoms with Crippen LogP contribution in [0.4, 0.5) is 0 Å². The van der Waals surface area contributed by atoms with E-state index in [4.69, 9.17) is 10.3 Å². The Hall–Kier alpha value is -0.550. The number of thioether (sulfide) groups is 1. The summed E-state index contributed by atoms with van der Waals surface area (Å²) in [6.07, 6.45) is 12.5. The largest absolute Gasteiger partial charge is 0.339 e. The molecule has 4 nitrogen and oxygen atoms in total. The summed E-state index contributed by atoms with van der Waals surface area (Å²) in [6, 6.07) is 0. The number of nitrogens with two attached hydrogens (primary N) is 1. The van der Waals surface area contributed by atoms with Crippen molar-refractivity contribution in [1.29, 1.82) is 0 Å². The summed E-state index contributed by atoms with van der Waals surface area (Å²) in [7, 11) is 0. The van der Waals surface area contributed by atoms with E-state index in [1.807, 2.05) is 11.8 Å². The normalized spacial score (nSPS) is 16.6. The van der Waals surface area contributed by atoms with Crippen LogP contribution in [0.25, 0.3) is 0 Å². The molecule has 114 valence electrons. The summed E-state index contributed by atoms with van der Waals surface area (Å²) < 4.78 is 5.31. The monoisotopic (exact) mass is 297 g/mol. The van der Waals surface area contributed by atoms with Crippen LogP contribution in [0.1, 0.15) is 69.5 Å². The molecule has 0 radical (unpaired) electrons. The molecule has 1 aromatic rings. The van der Waals surface area contributed by atoms with Gasteiger partial charge in [-0.1, -0.05) is 37.3 Å². The zero-order chi connectivity index (χ0) is 14.0. The van der Waals surface area contributed by atoms with Crippen molar-refractivity contribution in [2.24, 2.45) is 5.73 Å². The zero-order valence-corrected chi connectivity index (χ0v) is 13.2. The molecule has 2 rings (SSSR count). The first-order chi connectivity index (χ1) is 9.88. The van der Waals surface area contributed by atoms with E-state index in [-0.39, 0.29) is 0 Å². The number of unbranched alkanes of at least 4 members (excludes halogenated alkanes) is 3. The van der Waals surface area contributed by atoms with Crippen LogP contribution < -0.4 is 5.73 Å². The maximum absolute atomic E-state index is 5.48. The van der Waals surface area contributed by atoms with Gasteiger partial charge in [0, 0.05) is 11.7 Å². The minimum atomic E-state index is 0.795. The van der Waals surface area contributed by atoms with Crippen LogP contribution in [0.2, 0.25) is 0 Å². The minimum Gasteiger partial charge on any atom is -0.339 e. The van der Waals surface area contributed by atoms with Gasteiger partial charge in [-0.05, 0) is 32.2 Å². The number of aryl methyl sites for hydroxylation is 1. The van der Waals surface area contributed by atoms with E-state index in [2.05, 4.69) is 10.1 Å². The second-order valence-corrected chi connectivity index (χ2v) is 6.92. The molecule has 1 aliphatic carbocycles. The summed E-state index contributed by atoms with van der Waals surface area (Å²) in [5, 5.41) is 4.90. The van der Waals surface area contributed by atoms with Crippen LogP contribution in [0.5, 0.6) is 0 Å². The lowest BCUT2D eigenvalue weighted by Crippen LogP contribution is -2.08. The molecule has 2 N–H and O–H groups in total. The van der Waals surface area contributed by atoms with Crippen molar-refractivity contribution in [2.45, 2.75) is 75.2 Å². The van der Waals surface area contributed by atoms with Crippen LogP contribution in [0, 0.1) is 0 Å². The molecular formula is C15H27N3OS. The first-order valence-electron chi connectivity index (χ1n) is 8.01. The van der Waals surface area contributed by atoms with Crippen molar-refractivity contribution >= 4 is 11.8 Å². The van der Waals surface area contributed by atoms with E-state index in [1.54, 1.807) is 0 Å². The Kier molecular flexibility index (Phi) is 7.44. The molecule has 1 heterocycles. The molecule has 0 bridgehead atoms. The summed E-state index contributed by atoms with van der Waals surface area (Å²) in [4.78, 5) is 4.49. The SMILES string of the molecule is NCCCCCCc1nc(CSC2CCCCC2)no1. The topological polar surface area (TPSA) is 64.9 Å². The maximum Gasteiger partial charge on any atom is 0.226 e. The van der Waals surface area contributed by atoms with Crippen molar-refractivity contribution in [1.82, 2.24) is 10.1 Å². The zero-order valence-electron chi connectivity index (χ0n) is 12.4. The Balaban J connectivity index is 1.61. The van der Waals surface area contributed by atoms with Gasteiger partial charge in [-0.2, -0.15) is 16.7 Å². The maximum atomic E-state index is 5.48. The number of rotatable bonds is 9. The van der Waals surface area contributed by atoms with Gasteiger partial charge in [0.2, 0.25) is 5.89 Å². The molecule has 0 spiro atoms. The van der Waals surface area contributed by atoms with Crippen molar-refractivity contribution in [3.05, 3.63) is 11.7 Å². The second-order valence-electron chi connectivity index (χ2n) is 5.63. The average Bonchev–Trinajstić information content (AvgIpc) is 2.94. The highest BCUT2D eigenvalue weighted by atomic mass is 32.2. The van der Waals surface area contributed by atoms with Gasteiger partial charge in [-0.25, -0.2) is 0 Å². The summed E-state index contributed by atoms with van der Waals surface area (Å²) in [6.45, 7) is 0.795. The molecule has 0 aliphatic heterocycles. The highest BCUT2D eigenvalue weighted by Crippen LogP contribution is 2.29. The quantitative estimate of drug-likeness (QED) is 0.704. The third kappa shape index (κ3) is 5.83. The van der Waals surface area contributed by atoms with E-state index in [9.17, 15) is 0 Å². The van der Waals surface area contributed by atoms with E-state index in [0.717, 1.165) is 48.5 Å². The highest BCUT2D eigenvalue weighted by molar-refractivity contribution is 7.99. The molecule has 1 saturated carbocycles. The summed E-state index contributed by atoms with van der Waals surface area (Å²) >= 11 is 2.00. The number of nitrogens with zero attached hydrogens (tertiary/aromatic N) is 2. The smallest absolute Gasteiger partial charge is 0.226 e. The molecule has 0 aromatic carbocycles. The highest BCUT2D eigenvalue weighted by Gasteiger charge is 2.15. The fourth-order valence-corrected chi connectivity index (χ4v) is 3.82. The third-order valence-corrected chi connectivity index (χ3v) is 5.22. The van der Waals surface area contributed by atoms with Gasteiger partial charge < -0.3 is 10.3 Å². The van der Waals surface area contributed by atoms with Crippen LogP contribution >= 0.6 is 11.8 Å². The Morgan fingerprint density at radius 2 is 1.90 bits per heavy atom. The second kappa shape index (κ2) is 9.40. The van der Waals surface area contributed by atoms with Gasteiger partial charge in [0.15, 0.2) is 5.82 Å². The van der Waals surface area contributed by atoms with Crippen LogP contribution in [0.3, 0.4) is 0 Å². The first kappa shape index (κ1) is 15.8. The Morgan fingerprint density at radius 3 is 2.70 bits per heavy atom. The van der Waals surface area contributed by atoms with Gasteiger partial charge in [0.25, 0.3) is 0 Å². The van der Waals surface area contributed by atoms with Crippen molar-refractivity contribution in [3.63, 3.8) is 0 Å². The number of hydrogen-bond acceptors (Lipinski definition) is 5. The van der Waals surface area contributed by atoms with E-state index >= 15 is 0 Å². The molecule has 1 fully saturated rings. The van der Waals surface area contributed by atoms with Gasteiger partial charge in [0.05, 0.1) is 5.75 Å². The molecule has 1 aromatic heterocycles. The molecule has 0 saturated heterocycles.